The predicted octanol–water partition coefficient (Wildman–Crippen LogP) is 5.04. The topological polar surface area (TPSA) is 59.8 Å². The SMILES string of the molecule is O=C(C1CCCO1)N1CCc2c(c(-c3ccc(Cl)c(C#Cc4ccc(Cl)cc4)c3)nn2CCCN2CCOCC2)C1. The second-order valence-corrected chi connectivity index (χ2v) is 11.6. The number of nitrogens with zero attached hydrogens (tertiary/aromatic N) is 4. The molecule has 0 N–H and O–H groups in total. The van der Waals surface area contributed by atoms with Gasteiger partial charge in [0.05, 0.1) is 23.9 Å². The van der Waals surface area contributed by atoms with Gasteiger partial charge in [-0.1, -0.05) is 41.1 Å². The number of halogens is 2. The van der Waals surface area contributed by atoms with Crippen molar-refractivity contribution >= 4 is 29.1 Å². The first-order valence-electron chi connectivity index (χ1n) is 14.4. The van der Waals surface area contributed by atoms with Crippen LogP contribution >= 0.6 is 23.2 Å². The van der Waals surface area contributed by atoms with Gasteiger partial charge in [0.2, 0.25) is 0 Å². The largest absolute Gasteiger partial charge is 0.379 e. The number of aromatic nitrogens is 2. The quantitative estimate of drug-likeness (QED) is 0.375. The van der Waals surface area contributed by atoms with Crippen molar-refractivity contribution < 1.29 is 14.3 Å². The molecule has 41 heavy (non-hydrogen) atoms. The lowest BCUT2D eigenvalue weighted by Gasteiger charge is -2.30. The van der Waals surface area contributed by atoms with E-state index < -0.39 is 0 Å². The van der Waals surface area contributed by atoms with Crippen LogP contribution in [0, 0.1) is 11.8 Å². The van der Waals surface area contributed by atoms with Crippen LogP contribution in [0.3, 0.4) is 0 Å². The van der Waals surface area contributed by atoms with Gasteiger partial charge < -0.3 is 14.4 Å². The van der Waals surface area contributed by atoms with Crippen molar-refractivity contribution in [2.24, 2.45) is 0 Å². The first-order valence-corrected chi connectivity index (χ1v) is 15.2. The minimum absolute atomic E-state index is 0.0878. The van der Waals surface area contributed by atoms with E-state index in [1.54, 1.807) is 0 Å². The number of hydrogen-bond donors (Lipinski definition) is 0. The van der Waals surface area contributed by atoms with E-state index in [1.165, 1.54) is 5.69 Å². The molecule has 0 spiro atoms. The predicted molar refractivity (Wildman–Crippen MR) is 160 cm³/mol. The van der Waals surface area contributed by atoms with E-state index in [4.69, 9.17) is 37.8 Å². The third-order valence-corrected chi connectivity index (χ3v) is 8.61. The van der Waals surface area contributed by atoms with Gasteiger partial charge in [-0.15, -0.1) is 0 Å². The average molecular weight is 594 g/mol. The maximum Gasteiger partial charge on any atom is 0.252 e. The molecule has 9 heteroatoms. The fourth-order valence-corrected chi connectivity index (χ4v) is 6.07. The Balaban J connectivity index is 1.29. The van der Waals surface area contributed by atoms with Gasteiger partial charge in [0.1, 0.15) is 6.10 Å². The molecule has 2 aromatic carbocycles. The molecule has 0 bridgehead atoms. The highest BCUT2D eigenvalue weighted by Crippen LogP contribution is 2.33. The highest BCUT2D eigenvalue weighted by atomic mass is 35.5. The summed E-state index contributed by atoms with van der Waals surface area (Å²) < 4.78 is 13.4. The summed E-state index contributed by atoms with van der Waals surface area (Å²) in [6, 6.07) is 13.3. The van der Waals surface area contributed by atoms with Gasteiger partial charge in [-0.25, -0.2) is 0 Å². The normalized spacial score (nSPS) is 19.1. The van der Waals surface area contributed by atoms with Crippen LogP contribution in [-0.2, 0) is 33.8 Å². The molecule has 214 valence electrons. The van der Waals surface area contributed by atoms with Crippen LogP contribution < -0.4 is 0 Å². The molecule has 3 aliphatic heterocycles. The highest BCUT2D eigenvalue weighted by molar-refractivity contribution is 6.32. The summed E-state index contributed by atoms with van der Waals surface area (Å²) in [6.45, 7) is 7.27. The number of amides is 1. The minimum atomic E-state index is -0.325. The van der Waals surface area contributed by atoms with Crippen molar-refractivity contribution in [2.45, 2.75) is 44.9 Å². The minimum Gasteiger partial charge on any atom is -0.379 e. The Hall–Kier alpha value is -2.86. The standard InChI is InChI=1S/C32H34Cl2N4O3/c33-26-9-5-23(6-10-26)4-7-24-21-25(8-11-28(24)34)31-27-22-37(32(39)30-3-1-18-41-30)15-12-29(27)38(35-31)14-2-13-36-16-19-40-20-17-36/h5-6,8-11,21,30H,1-3,12-20,22H2. The lowest BCUT2D eigenvalue weighted by molar-refractivity contribution is -0.141. The zero-order valence-electron chi connectivity index (χ0n) is 23.1. The van der Waals surface area contributed by atoms with E-state index in [2.05, 4.69) is 21.4 Å². The molecule has 6 rings (SSSR count). The van der Waals surface area contributed by atoms with E-state index in [0.29, 0.717) is 29.7 Å². The Labute approximate surface area is 251 Å². The lowest BCUT2D eigenvalue weighted by atomic mass is 9.99. The maximum absolute atomic E-state index is 13.3. The summed E-state index contributed by atoms with van der Waals surface area (Å²) >= 11 is 12.6. The van der Waals surface area contributed by atoms with Crippen LogP contribution in [0.25, 0.3) is 11.3 Å². The van der Waals surface area contributed by atoms with E-state index in [9.17, 15) is 4.79 Å². The fraction of sp³-hybridized carbons (Fsp3) is 0.438. The number of benzene rings is 2. The van der Waals surface area contributed by atoms with Crippen molar-refractivity contribution in [3.63, 3.8) is 0 Å². The third-order valence-electron chi connectivity index (χ3n) is 8.02. The average Bonchev–Trinajstić information content (AvgIpc) is 3.67. The summed E-state index contributed by atoms with van der Waals surface area (Å²) in [6.07, 6.45) is 3.18. The van der Waals surface area contributed by atoms with Gasteiger partial charge in [-0.3, -0.25) is 14.4 Å². The molecule has 2 fully saturated rings. The van der Waals surface area contributed by atoms with E-state index in [0.717, 1.165) is 93.0 Å². The van der Waals surface area contributed by atoms with Gasteiger partial charge in [-0.2, -0.15) is 5.10 Å². The van der Waals surface area contributed by atoms with E-state index in [-0.39, 0.29) is 12.0 Å². The van der Waals surface area contributed by atoms with Gasteiger partial charge in [0.15, 0.2) is 0 Å². The molecular formula is C32H34Cl2N4O3. The molecule has 4 heterocycles. The van der Waals surface area contributed by atoms with Gasteiger partial charge in [-0.05, 0) is 55.7 Å². The molecule has 0 radical (unpaired) electrons. The molecule has 0 aliphatic carbocycles. The van der Waals surface area contributed by atoms with Crippen molar-refractivity contribution in [1.29, 1.82) is 0 Å². The lowest BCUT2D eigenvalue weighted by Crippen LogP contribution is -2.42. The smallest absolute Gasteiger partial charge is 0.252 e. The summed E-state index contributed by atoms with van der Waals surface area (Å²) in [7, 11) is 0. The first-order chi connectivity index (χ1) is 20.0. The number of hydrogen-bond acceptors (Lipinski definition) is 5. The molecular weight excluding hydrogens is 559 g/mol. The van der Waals surface area contributed by atoms with Crippen molar-refractivity contribution in [3.8, 4) is 23.1 Å². The molecule has 3 aromatic rings. The van der Waals surface area contributed by atoms with Gasteiger partial charge in [0, 0.05) is 85.3 Å². The van der Waals surface area contributed by atoms with Crippen molar-refractivity contribution in [3.05, 3.63) is 74.9 Å². The fourth-order valence-electron chi connectivity index (χ4n) is 5.78. The van der Waals surface area contributed by atoms with Crippen LogP contribution in [0.4, 0.5) is 0 Å². The van der Waals surface area contributed by atoms with Crippen LogP contribution in [0.5, 0.6) is 0 Å². The Bertz CT molecular complexity index is 1450. The number of fused-ring (bicyclic) bond motifs is 1. The third kappa shape index (κ3) is 6.63. The number of carbonyl (C=O) groups excluding carboxylic acids is 1. The molecule has 3 aliphatic rings. The molecule has 2 saturated heterocycles. The van der Waals surface area contributed by atoms with Crippen LogP contribution in [0.2, 0.25) is 10.0 Å². The van der Waals surface area contributed by atoms with E-state index >= 15 is 0 Å². The maximum atomic E-state index is 13.3. The summed E-state index contributed by atoms with van der Waals surface area (Å²) in [5.74, 6) is 6.50. The Morgan fingerprint density at radius 3 is 2.61 bits per heavy atom. The summed E-state index contributed by atoms with van der Waals surface area (Å²) in [5, 5.41) is 6.39. The second-order valence-electron chi connectivity index (χ2n) is 10.8. The molecule has 7 nitrogen and oxygen atoms in total. The molecule has 1 unspecified atom stereocenters. The number of aryl methyl sites for hydroxylation is 1. The number of rotatable bonds is 6. The van der Waals surface area contributed by atoms with Gasteiger partial charge >= 0.3 is 0 Å². The number of morpholine rings is 1. The van der Waals surface area contributed by atoms with Crippen LogP contribution in [-0.4, -0.2) is 77.6 Å². The Morgan fingerprint density at radius 1 is 1.00 bits per heavy atom. The second kappa shape index (κ2) is 13.0. The Kier molecular flexibility index (Phi) is 8.95. The van der Waals surface area contributed by atoms with Crippen molar-refractivity contribution in [1.82, 2.24) is 19.6 Å². The monoisotopic (exact) mass is 592 g/mol. The number of carbonyl (C=O) groups is 1. The Morgan fingerprint density at radius 2 is 1.83 bits per heavy atom. The van der Waals surface area contributed by atoms with Crippen LogP contribution in [0.1, 0.15) is 41.6 Å². The highest BCUT2D eigenvalue weighted by Gasteiger charge is 2.33. The zero-order valence-corrected chi connectivity index (χ0v) is 24.6. The van der Waals surface area contributed by atoms with Crippen LogP contribution in [0.15, 0.2) is 42.5 Å². The molecule has 1 atom stereocenters. The van der Waals surface area contributed by atoms with Gasteiger partial charge in [0.25, 0.3) is 5.91 Å². The molecule has 1 amide bonds. The first kappa shape index (κ1) is 28.3. The van der Waals surface area contributed by atoms with E-state index in [1.807, 2.05) is 47.4 Å². The number of ether oxygens (including phenoxy) is 2. The zero-order chi connectivity index (χ0) is 28.2. The molecule has 0 saturated carbocycles. The summed E-state index contributed by atoms with van der Waals surface area (Å²) in [5.41, 5.74) is 5.75. The van der Waals surface area contributed by atoms with Crippen molar-refractivity contribution in [2.75, 3.05) is 46.0 Å². The summed E-state index contributed by atoms with van der Waals surface area (Å²) in [4.78, 5) is 17.7. The molecule has 1 aromatic heterocycles.